The molecule has 74 valence electrons. The van der Waals surface area contributed by atoms with Gasteiger partial charge in [-0.15, -0.1) is 0 Å². The molecule has 1 saturated carbocycles. The van der Waals surface area contributed by atoms with Gasteiger partial charge in [0.1, 0.15) is 0 Å². The summed E-state index contributed by atoms with van der Waals surface area (Å²) in [6.07, 6.45) is 6.91. The average Bonchev–Trinajstić information content (AvgIpc) is 3.00. The van der Waals surface area contributed by atoms with Crippen LogP contribution in [-0.4, -0.2) is 23.0 Å². The Hall–Kier alpha value is -0.110. The highest BCUT2D eigenvalue weighted by Crippen LogP contribution is 2.38. The highest BCUT2D eigenvalue weighted by atomic mass is 32.1. The van der Waals surface area contributed by atoms with E-state index in [4.69, 9.17) is 12.2 Å². The van der Waals surface area contributed by atoms with Crippen molar-refractivity contribution in [3.8, 4) is 0 Å². The van der Waals surface area contributed by atoms with Gasteiger partial charge in [-0.3, -0.25) is 0 Å². The minimum Gasteiger partial charge on any atom is -0.366 e. The molecule has 2 rings (SSSR count). The van der Waals surface area contributed by atoms with E-state index in [1.54, 1.807) is 0 Å². The standard InChI is InChI=1S/C11H19NS/c1-9(10-5-6-10)11(13)12-7-3-2-4-8-12/h9-10H,2-8H2,1H3. The fourth-order valence-electron chi connectivity index (χ4n) is 2.20. The summed E-state index contributed by atoms with van der Waals surface area (Å²) < 4.78 is 0. The van der Waals surface area contributed by atoms with Crippen LogP contribution in [0, 0.1) is 11.8 Å². The zero-order chi connectivity index (χ0) is 9.26. The van der Waals surface area contributed by atoms with Gasteiger partial charge in [0.2, 0.25) is 0 Å². The fraction of sp³-hybridized carbons (Fsp3) is 0.909. The lowest BCUT2D eigenvalue weighted by Gasteiger charge is -2.32. The zero-order valence-corrected chi connectivity index (χ0v) is 9.28. The molecule has 1 unspecified atom stereocenters. The Labute approximate surface area is 86.5 Å². The van der Waals surface area contributed by atoms with Crippen LogP contribution in [-0.2, 0) is 0 Å². The van der Waals surface area contributed by atoms with Crippen LogP contribution in [0.3, 0.4) is 0 Å². The second-order valence-electron chi connectivity index (χ2n) is 4.51. The van der Waals surface area contributed by atoms with Gasteiger partial charge in [0, 0.05) is 19.0 Å². The predicted octanol–water partition coefficient (Wildman–Crippen LogP) is 2.85. The monoisotopic (exact) mass is 197 g/mol. The van der Waals surface area contributed by atoms with E-state index in [0.29, 0.717) is 5.92 Å². The molecule has 1 aliphatic carbocycles. The van der Waals surface area contributed by atoms with E-state index < -0.39 is 0 Å². The summed E-state index contributed by atoms with van der Waals surface area (Å²) >= 11 is 5.54. The molecular weight excluding hydrogens is 178 g/mol. The third-order valence-corrected chi connectivity index (χ3v) is 4.02. The second-order valence-corrected chi connectivity index (χ2v) is 4.93. The van der Waals surface area contributed by atoms with Crippen molar-refractivity contribution in [3.63, 3.8) is 0 Å². The largest absolute Gasteiger partial charge is 0.366 e. The van der Waals surface area contributed by atoms with Gasteiger partial charge < -0.3 is 4.90 Å². The van der Waals surface area contributed by atoms with Crippen molar-refractivity contribution in [2.24, 2.45) is 11.8 Å². The third kappa shape index (κ3) is 2.22. The van der Waals surface area contributed by atoms with E-state index in [9.17, 15) is 0 Å². The van der Waals surface area contributed by atoms with Crippen LogP contribution in [0.15, 0.2) is 0 Å². The van der Waals surface area contributed by atoms with Crippen molar-refractivity contribution in [2.75, 3.05) is 13.1 Å². The SMILES string of the molecule is CC(C(=S)N1CCCCC1)C1CC1. The van der Waals surface area contributed by atoms with Crippen LogP contribution in [0.1, 0.15) is 39.0 Å². The van der Waals surface area contributed by atoms with Crippen molar-refractivity contribution >= 4 is 17.2 Å². The normalized spacial score (nSPS) is 25.8. The lowest BCUT2D eigenvalue weighted by Crippen LogP contribution is -2.38. The van der Waals surface area contributed by atoms with E-state index >= 15 is 0 Å². The number of hydrogen-bond donors (Lipinski definition) is 0. The number of rotatable bonds is 2. The van der Waals surface area contributed by atoms with Gasteiger partial charge in [-0.25, -0.2) is 0 Å². The topological polar surface area (TPSA) is 3.24 Å². The Kier molecular flexibility index (Phi) is 2.87. The maximum Gasteiger partial charge on any atom is 0.0810 e. The first-order chi connectivity index (χ1) is 6.29. The molecule has 2 aliphatic rings. The summed E-state index contributed by atoms with van der Waals surface area (Å²) in [7, 11) is 0. The number of piperidine rings is 1. The third-order valence-electron chi connectivity index (χ3n) is 3.39. The molecule has 0 bridgehead atoms. The van der Waals surface area contributed by atoms with Crippen molar-refractivity contribution < 1.29 is 0 Å². The van der Waals surface area contributed by atoms with Crippen molar-refractivity contribution in [2.45, 2.75) is 39.0 Å². The average molecular weight is 197 g/mol. The lowest BCUT2D eigenvalue weighted by molar-refractivity contribution is 0.330. The van der Waals surface area contributed by atoms with Crippen LogP contribution in [0.4, 0.5) is 0 Å². The summed E-state index contributed by atoms with van der Waals surface area (Å²) in [6, 6.07) is 0. The molecule has 2 fully saturated rings. The molecule has 0 aromatic rings. The Morgan fingerprint density at radius 2 is 1.85 bits per heavy atom. The van der Waals surface area contributed by atoms with Gasteiger partial charge in [-0.2, -0.15) is 0 Å². The molecule has 13 heavy (non-hydrogen) atoms. The van der Waals surface area contributed by atoms with Gasteiger partial charge in [-0.05, 0) is 38.0 Å². The Bertz CT molecular complexity index is 192. The molecule has 0 N–H and O–H groups in total. The zero-order valence-electron chi connectivity index (χ0n) is 8.46. The van der Waals surface area contributed by atoms with Gasteiger partial charge in [0.05, 0.1) is 4.99 Å². The first-order valence-electron chi connectivity index (χ1n) is 5.58. The highest BCUT2D eigenvalue weighted by molar-refractivity contribution is 7.80. The van der Waals surface area contributed by atoms with Gasteiger partial charge in [-0.1, -0.05) is 19.1 Å². The van der Waals surface area contributed by atoms with E-state index in [2.05, 4.69) is 11.8 Å². The maximum atomic E-state index is 5.54. The minimum absolute atomic E-state index is 0.674. The number of likely N-dealkylation sites (tertiary alicyclic amines) is 1. The maximum absolute atomic E-state index is 5.54. The second kappa shape index (κ2) is 3.95. The first kappa shape index (κ1) is 9.45. The van der Waals surface area contributed by atoms with E-state index in [-0.39, 0.29) is 0 Å². The summed E-state index contributed by atoms with van der Waals surface area (Å²) in [5.74, 6) is 1.60. The van der Waals surface area contributed by atoms with Crippen molar-refractivity contribution in [1.82, 2.24) is 4.90 Å². The number of thiocarbonyl (C=S) groups is 1. The quantitative estimate of drug-likeness (QED) is 0.626. The first-order valence-corrected chi connectivity index (χ1v) is 5.98. The molecule has 1 nitrogen and oxygen atoms in total. The molecule has 1 aliphatic heterocycles. The number of nitrogens with zero attached hydrogens (tertiary/aromatic N) is 1. The molecule has 1 heterocycles. The lowest BCUT2D eigenvalue weighted by atomic mass is 10.0. The molecule has 0 spiro atoms. The predicted molar refractivity (Wildman–Crippen MR) is 59.9 cm³/mol. The van der Waals surface area contributed by atoms with Crippen LogP contribution in [0.25, 0.3) is 0 Å². The summed E-state index contributed by atoms with van der Waals surface area (Å²) in [4.78, 5) is 3.70. The molecular formula is C11H19NS. The smallest absolute Gasteiger partial charge is 0.0810 e. The highest BCUT2D eigenvalue weighted by Gasteiger charge is 2.32. The van der Waals surface area contributed by atoms with Crippen LogP contribution >= 0.6 is 12.2 Å². The van der Waals surface area contributed by atoms with E-state index in [0.717, 1.165) is 5.92 Å². The molecule has 2 heteroatoms. The van der Waals surface area contributed by atoms with Crippen LogP contribution < -0.4 is 0 Å². The van der Waals surface area contributed by atoms with Gasteiger partial charge in [0.25, 0.3) is 0 Å². The Morgan fingerprint density at radius 1 is 1.23 bits per heavy atom. The number of hydrogen-bond acceptors (Lipinski definition) is 1. The molecule has 0 aromatic heterocycles. The molecule has 0 radical (unpaired) electrons. The minimum atomic E-state index is 0.674. The van der Waals surface area contributed by atoms with Gasteiger partial charge >= 0.3 is 0 Å². The summed E-state index contributed by atoms with van der Waals surface area (Å²) in [6.45, 7) is 4.75. The van der Waals surface area contributed by atoms with E-state index in [1.807, 2.05) is 0 Å². The van der Waals surface area contributed by atoms with E-state index in [1.165, 1.54) is 50.2 Å². The molecule has 1 atom stereocenters. The molecule has 0 amide bonds. The van der Waals surface area contributed by atoms with Crippen LogP contribution in [0.5, 0.6) is 0 Å². The summed E-state index contributed by atoms with van der Waals surface area (Å²) in [5, 5.41) is 0. The molecule has 1 saturated heterocycles. The van der Waals surface area contributed by atoms with Gasteiger partial charge in [0.15, 0.2) is 0 Å². The van der Waals surface area contributed by atoms with Crippen molar-refractivity contribution in [1.29, 1.82) is 0 Å². The van der Waals surface area contributed by atoms with Crippen molar-refractivity contribution in [3.05, 3.63) is 0 Å². The Balaban J connectivity index is 1.86. The Morgan fingerprint density at radius 3 is 2.38 bits per heavy atom. The molecule has 0 aromatic carbocycles. The van der Waals surface area contributed by atoms with Crippen LogP contribution in [0.2, 0.25) is 0 Å². The summed E-state index contributed by atoms with van der Waals surface area (Å²) in [5.41, 5.74) is 0. The fourth-order valence-corrected chi connectivity index (χ4v) is 2.58.